The molecule has 0 unspecified atom stereocenters. The van der Waals surface area contributed by atoms with E-state index in [9.17, 15) is 0 Å². The molecule has 1 aliphatic rings. The molecule has 16 heavy (non-hydrogen) atoms. The van der Waals surface area contributed by atoms with Crippen molar-refractivity contribution in [2.75, 3.05) is 46.0 Å². The average Bonchev–Trinajstić information content (AvgIpc) is 2.36. The predicted octanol–water partition coefficient (Wildman–Crippen LogP) is 0.853. The number of nitrogens with two attached hydrogens (primary N) is 1. The van der Waals surface area contributed by atoms with Crippen molar-refractivity contribution in [2.24, 2.45) is 5.73 Å². The highest BCUT2D eigenvalue weighted by atomic mass is 16.5. The molecule has 0 aromatic heterocycles. The van der Waals surface area contributed by atoms with Crippen molar-refractivity contribution in [1.82, 2.24) is 4.90 Å². The van der Waals surface area contributed by atoms with Gasteiger partial charge >= 0.3 is 0 Å². The minimum absolute atomic E-state index is 0.120. The van der Waals surface area contributed by atoms with Crippen LogP contribution in [0, 0.1) is 0 Å². The molecule has 1 saturated heterocycles. The summed E-state index contributed by atoms with van der Waals surface area (Å²) in [6.07, 6.45) is 1.86. The van der Waals surface area contributed by atoms with Gasteiger partial charge in [0.1, 0.15) is 0 Å². The Morgan fingerprint density at radius 2 is 1.88 bits per heavy atom. The molecule has 4 nitrogen and oxygen atoms in total. The first kappa shape index (κ1) is 13.9. The predicted molar refractivity (Wildman–Crippen MR) is 65.6 cm³/mol. The van der Waals surface area contributed by atoms with Gasteiger partial charge in [-0.1, -0.05) is 13.8 Å². The van der Waals surface area contributed by atoms with Crippen LogP contribution in [0.4, 0.5) is 0 Å². The van der Waals surface area contributed by atoms with Crippen molar-refractivity contribution >= 4 is 0 Å². The first-order chi connectivity index (χ1) is 7.76. The van der Waals surface area contributed by atoms with Crippen molar-refractivity contribution in [3.63, 3.8) is 0 Å². The van der Waals surface area contributed by atoms with Crippen LogP contribution in [0.5, 0.6) is 0 Å². The van der Waals surface area contributed by atoms with Crippen LogP contribution in [0.25, 0.3) is 0 Å². The summed E-state index contributed by atoms with van der Waals surface area (Å²) in [7, 11) is 0. The van der Waals surface area contributed by atoms with Crippen LogP contribution in [0.1, 0.15) is 26.7 Å². The Hall–Kier alpha value is -0.160. The molecule has 0 bridgehead atoms. The Morgan fingerprint density at radius 3 is 2.38 bits per heavy atom. The van der Waals surface area contributed by atoms with E-state index in [4.69, 9.17) is 15.2 Å². The molecule has 0 aliphatic carbocycles. The molecule has 96 valence electrons. The largest absolute Gasteiger partial charge is 0.381 e. The van der Waals surface area contributed by atoms with E-state index in [0.717, 1.165) is 52.3 Å². The summed E-state index contributed by atoms with van der Waals surface area (Å²) >= 11 is 0. The van der Waals surface area contributed by atoms with E-state index in [1.807, 2.05) is 0 Å². The fourth-order valence-electron chi connectivity index (χ4n) is 2.08. The second-order valence-corrected chi connectivity index (χ2v) is 4.37. The van der Waals surface area contributed by atoms with Crippen molar-refractivity contribution in [3.05, 3.63) is 0 Å². The van der Waals surface area contributed by atoms with Gasteiger partial charge in [-0.2, -0.15) is 0 Å². The molecule has 0 amide bonds. The first-order valence-electron chi connectivity index (χ1n) is 6.40. The molecule has 2 N–H and O–H groups in total. The summed E-state index contributed by atoms with van der Waals surface area (Å²) in [4.78, 5) is 2.36. The van der Waals surface area contributed by atoms with Gasteiger partial charge in [0.2, 0.25) is 0 Å². The Bertz CT molecular complexity index is 178. The molecule has 0 aromatic rings. The van der Waals surface area contributed by atoms with Crippen LogP contribution in [0.3, 0.4) is 0 Å². The van der Waals surface area contributed by atoms with Crippen molar-refractivity contribution < 1.29 is 9.47 Å². The van der Waals surface area contributed by atoms with Gasteiger partial charge in [-0.25, -0.2) is 0 Å². The van der Waals surface area contributed by atoms with Crippen LogP contribution in [-0.4, -0.2) is 56.5 Å². The highest BCUT2D eigenvalue weighted by molar-refractivity contribution is 4.84. The van der Waals surface area contributed by atoms with Gasteiger partial charge in [-0.05, 0) is 13.1 Å². The van der Waals surface area contributed by atoms with E-state index < -0.39 is 0 Å². The van der Waals surface area contributed by atoms with Crippen molar-refractivity contribution in [3.8, 4) is 0 Å². The quantitative estimate of drug-likeness (QED) is 0.704. The third kappa shape index (κ3) is 4.01. The normalized spacial score (nSPS) is 20.2. The topological polar surface area (TPSA) is 47.7 Å². The summed E-state index contributed by atoms with van der Waals surface area (Å²) < 4.78 is 11.4. The maximum absolute atomic E-state index is 6.01. The number of nitrogens with zero attached hydrogens (tertiary/aromatic N) is 1. The zero-order chi connectivity index (χ0) is 11.9. The Kier molecular flexibility index (Phi) is 6.28. The molecular formula is C12H26N2O2. The summed E-state index contributed by atoms with van der Waals surface area (Å²) in [6, 6.07) is 0. The summed E-state index contributed by atoms with van der Waals surface area (Å²) in [6.45, 7) is 10.5. The molecule has 1 fully saturated rings. The fourth-order valence-corrected chi connectivity index (χ4v) is 2.08. The molecule has 1 aliphatic heterocycles. The number of hydrogen-bond donors (Lipinski definition) is 1. The highest BCUT2D eigenvalue weighted by Crippen LogP contribution is 2.23. The lowest BCUT2D eigenvalue weighted by atomic mass is 9.94. The molecular weight excluding hydrogens is 204 g/mol. The standard InChI is InChI=1S/C12H26N2O2/c1-3-14(4-2)7-10-16-12(11-13)5-8-15-9-6-12/h3-11,13H2,1-2H3. The minimum Gasteiger partial charge on any atom is -0.381 e. The zero-order valence-corrected chi connectivity index (χ0v) is 10.7. The maximum Gasteiger partial charge on any atom is 0.0848 e. The second-order valence-electron chi connectivity index (χ2n) is 4.37. The zero-order valence-electron chi connectivity index (χ0n) is 10.7. The third-order valence-corrected chi connectivity index (χ3v) is 3.49. The SMILES string of the molecule is CCN(CC)CCOC1(CN)CCOCC1. The first-order valence-corrected chi connectivity index (χ1v) is 6.40. The number of ether oxygens (including phenoxy) is 2. The van der Waals surface area contributed by atoms with E-state index in [1.165, 1.54) is 0 Å². The molecule has 4 heteroatoms. The van der Waals surface area contributed by atoms with E-state index >= 15 is 0 Å². The van der Waals surface area contributed by atoms with Gasteiger partial charge in [0.25, 0.3) is 0 Å². The lowest BCUT2D eigenvalue weighted by Gasteiger charge is -2.36. The Morgan fingerprint density at radius 1 is 1.25 bits per heavy atom. The van der Waals surface area contributed by atoms with Gasteiger partial charge in [0, 0.05) is 39.1 Å². The fraction of sp³-hybridized carbons (Fsp3) is 1.00. The number of hydrogen-bond acceptors (Lipinski definition) is 4. The van der Waals surface area contributed by atoms with Crippen LogP contribution in [-0.2, 0) is 9.47 Å². The lowest BCUT2D eigenvalue weighted by Crippen LogP contribution is -2.46. The molecule has 1 rings (SSSR count). The van der Waals surface area contributed by atoms with Crippen LogP contribution in [0.2, 0.25) is 0 Å². The Labute approximate surface area is 99.1 Å². The summed E-state index contributed by atoms with van der Waals surface area (Å²) in [5, 5.41) is 0. The van der Waals surface area contributed by atoms with Gasteiger partial charge in [0.15, 0.2) is 0 Å². The van der Waals surface area contributed by atoms with Crippen LogP contribution >= 0.6 is 0 Å². The average molecular weight is 230 g/mol. The number of rotatable bonds is 7. The van der Waals surface area contributed by atoms with Gasteiger partial charge in [-0.15, -0.1) is 0 Å². The second kappa shape index (κ2) is 7.22. The van der Waals surface area contributed by atoms with Crippen LogP contribution < -0.4 is 5.73 Å². The molecule has 0 saturated carbocycles. The maximum atomic E-state index is 6.01. The van der Waals surface area contributed by atoms with Crippen LogP contribution in [0.15, 0.2) is 0 Å². The van der Waals surface area contributed by atoms with E-state index in [0.29, 0.717) is 6.54 Å². The monoisotopic (exact) mass is 230 g/mol. The van der Waals surface area contributed by atoms with Gasteiger partial charge in [0.05, 0.1) is 12.2 Å². The molecule has 1 heterocycles. The highest BCUT2D eigenvalue weighted by Gasteiger charge is 2.31. The van der Waals surface area contributed by atoms with Crippen molar-refractivity contribution in [2.45, 2.75) is 32.3 Å². The molecule has 0 spiro atoms. The van der Waals surface area contributed by atoms with Gasteiger partial charge < -0.3 is 20.1 Å². The lowest BCUT2D eigenvalue weighted by molar-refractivity contribution is -0.107. The Balaban J connectivity index is 2.27. The molecule has 0 radical (unpaired) electrons. The molecule has 0 aromatic carbocycles. The van der Waals surface area contributed by atoms with E-state index in [-0.39, 0.29) is 5.60 Å². The van der Waals surface area contributed by atoms with E-state index in [1.54, 1.807) is 0 Å². The smallest absolute Gasteiger partial charge is 0.0848 e. The van der Waals surface area contributed by atoms with E-state index in [2.05, 4.69) is 18.7 Å². The summed E-state index contributed by atoms with van der Waals surface area (Å²) in [5.74, 6) is 0. The number of likely N-dealkylation sites (N-methyl/N-ethyl adjacent to an activating group) is 1. The third-order valence-electron chi connectivity index (χ3n) is 3.49. The summed E-state index contributed by atoms with van der Waals surface area (Å²) in [5.41, 5.74) is 5.71. The van der Waals surface area contributed by atoms with Gasteiger partial charge in [-0.3, -0.25) is 0 Å². The van der Waals surface area contributed by atoms with Crippen molar-refractivity contribution in [1.29, 1.82) is 0 Å². The minimum atomic E-state index is -0.120. The molecule has 0 atom stereocenters.